The van der Waals surface area contributed by atoms with E-state index in [-0.39, 0.29) is 23.6 Å². The molecule has 2 fully saturated rings. The van der Waals surface area contributed by atoms with Crippen LogP contribution in [0.15, 0.2) is 18.2 Å². The van der Waals surface area contributed by atoms with Gasteiger partial charge in [0.1, 0.15) is 5.82 Å². The molecule has 0 saturated carbocycles. The fourth-order valence-corrected chi connectivity index (χ4v) is 3.52. The molecule has 3 rings (SSSR count). The smallest absolute Gasteiger partial charge is 0.308 e. The first-order valence-electron chi connectivity index (χ1n) is 6.81. The van der Waals surface area contributed by atoms with Crippen LogP contribution >= 0.6 is 0 Å². The first-order chi connectivity index (χ1) is 9.50. The quantitative estimate of drug-likeness (QED) is 0.901. The monoisotopic (exact) mass is 277 g/mol. The van der Waals surface area contributed by atoms with Crippen molar-refractivity contribution in [1.29, 1.82) is 0 Å². The topological polar surface area (TPSA) is 57.6 Å². The molecule has 4 nitrogen and oxygen atoms in total. The second kappa shape index (κ2) is 4.58. The van der Waals surface area contributed by atoms with E-state index in [1.165, 1.54) is 6.07 Å². The van der Waals surface area contributed by atoms with Crippen molar-refractivity contribution in [2.24, 2.45) is 5.92 Å². The Morgan fingerprint density at radius 3 is 2.75 bits per heavy atom. The molecule has 20 heavy (non-hydrogen) atoms. The van der Waals surface area contributed by atoms with Gasteiger partial charge in [-0.3, -0.25) is 9.59 Å². The fraction of sp³-hybridized carbons (Fsp3) is 0.467. The van der Waals surface area contributed by atoms with Crippen molar-refractivity contribution in [3.05, 3.63) is 35.1 Å². The van der Waals surface area contributed by atoms with Crippen molar-refractivity contribution in [3.8, 4) is 0 Å². The predicted octanol–water partition coefficient (Wildman–Crippen LogP) is 2.21. The van der Waals surface area contributed by atoms with Crippen LogP contribution in [-0.4, -0.2) is 34.0 Å². The molecule has 3 unspecified atom stereocenters. The minimum absolute atomic E-state index is 0.0490. The second-order valence-corrected chi connectivity index (χ2v) is 5.63. The summed E-state index contributed by atoms with van der Waals surface area (Å²) >= 11 is 0. The Kier molecular flexibility index (Phi) is 3.00. The molecule has 1 N–H and O–H groups in total. The van der Waals surface area contributed by atoms with E-state index in [0.29, 0.717) is 18.4 Å². The molecule has 2 heterocycles. The lowest BCUT2D eigenvalue weighted by Crippen LogP contribution is -2.38. The van der Waals surface area contributed by atoms with E-state index in [1.54, 1.807) is 24.0 Å². The van der Waals surface area contributed by atoms with Crippen molar-refractivity contribution in [2.45, 2.75) is 38.3 Å². The van der Waals surface area contributed by atoms with Gasteiger partial charge in [0.05, 0.1) is 11.5 Å². The van der Waals surface area contributed by atoms with Crippen LogP contribution in [0.2, 0.25) is 0 Å². The van der Waals surface area contributed by atoms with Crippen LogP contribution in [0.25, 0.3) is 0 Å². The number of amides is 1. The number of carboxylic acid groups (broad SMARTS) is 1. The maximum Gasteiger partial charge on any atom is 0.308 e. The van der Waals surface area contributed by atoms with E-state index in [4.69, 9.17) is 0 Å². The molecule has 2 bridgehead atoms. The number of aryl methyl sites for hydroxylation is 1. The summed E-state index contributed by atoms with van der Waals surface area (Å²) in [6, 6.07) is 4.39. The van der Waals surface area contributed by atoms with Crippen molar-refractivity contribution in [1.82, 2.24) is 4.90 Å². The third kappa shape index (κ3) is 1.80. The molecular formula is C15H16FNO3. The number of carbonyl (C=O) groups excluding carboxylic acids is 1. The molecule has 0 spiro atoms. The number of benzene rings is 1. The highest BCUT2D eigenvalue weighted by Crippen LogP contribution is 2.42. The van der Waals surface area contributed by atoms with Gasteiger partial charge in [-0.05, 0) is 37.8 Å². The highest BCUT2D eigenvalue weighted by molar-refractivity contribution is 5.96. The molecule has 0 radical (unpaired) electrons. The van der Waals surface area contributed by atoms with Gasteiger partial charge in [-0.2, -0.15) is 0 Å². The summed E-state index contributed by atoms with van der Waals surface area (Å²) in [6.07, 6.45) is 1.99. The van der Waals surface area contributed by atoms with E-state index in [1.807, 2.05) is 0 Å². The van der Waals surface area contributed by atoms with Crippen LogP contribution in [0.5, 0.6) is 0 Å². The Hall–Kier alpha value is -1.91. The lowest BCUT2D eigenvalue weighted by atomic mass is 9.89. The minimum atomic E-state index is -0.861. The molecule has 3 atom stereocenters. The standard InChI is InChI=1S/C15H16FNO3/c1-8-3-2-4-10(13(8)16)14(18)17-9-5-6-12(17)11(7-9)15(19)20/h2-4,9,11-12H,5-7H2,1H3,(H,19,20). The summed E-state index contributed by atoms with van der Waals surface area (Å²) in [5.41, 5.74) is 0.477. The maximum absolute atomic E-state index is 14.1. The highest BCUT2D eigenvalue weighted by Gasteiger charge is 2.51. The van der Waals surface area contributed by atoms with Crippen molar-refractivity contribution >= 4 is 11.9 Å². The zero-order valence-corrected chi connectivity index (χ0v) is 11.2. The molecule has 2 saturated heterocycles. The summed E-state index contributed by atoms with van der Waals surface area (Å²) in [4.78, 5) is 25.3. The summed E-state index contributed by atoms with van der Waals surface area (Å²) in [6.45, 7) is 1.62. The van der Waals surface area contributed by atoms with Gasteiger partial charge in [0.25, 0.3) is 5.91 Å². The number of rotatable bonds is 2. The molecule has 5 heteroatoms. The predicted molar refractivity (Wildman–Crippen MR) is 69.9 cm³/mol. The van der Waals surface area contributed by atoms with E-state index in [9.17, 15) is 19.1 Å². The third-order valence-electron chi connectivity index (χ3n) is 4.51. The molecule has 106 valence electrons. The van der Waals surface area contributed by atoms with Crippen LogP contribution < -0.4 is 0 Å². The zero-order valence-electron chi connectivity index (χ0n) is 11.2. The molecule has 0 aliphatic carbocycles. The molecule has 1 aromatic carbocycles. The summed E-state index contributed by atoms with van der Waals surface area (Å²) in [7, 11) is 0. The lowest BCUT2D eigenvalue weighted by molar-refractivity contribution is -0.142. The van der Waals surface area contributed by atoms with Gasteiger partial charge < -0.3 is 10.0 Å². The van der Waals surface area contributed by atoms with Crippen LogP contribution in [0.4, 0.5) is 4.39 Å². The van der Waals surface area contributed by atoms with E-state index >= 15 is 0 Å². The number of halogens is 1. The number of carbonyl (C=O) groups is 2. The highest BCUT2D eigenvalue weighted by atomic mass is 19.1. The van der Waals surface area contributed by atoms with Gasteiger partial charge in [-0.15, -0.1) is 0 Å². The molecule has 2 aliphatic heterocycles. The summed E-state index contributed by atoms with van der Waals surface area (Å²) in [5, 5.41) is 9.19. The summed E-state index contributed by atoms with van der Waals surface area (Å²) in [5.74, 6) is -2.25. The molecule has 1 amide bonds. The first kappa shape index (κ1) is 13.1. The first-order valence-corrected chi connectivity index (χ1v) is 6.81. The average Bonchev–Trinajstić information content (AvgIpc) is 2.98. The van der Waals surface area contributed by atoms with Gasteiger partial charge in [0.15, 0.2) is 0 Å². The number of fused-ring (bicyclic) bond motifs is 2. The Bertz CT molecular complexity index is 586. The van der Waals surface area contributed by atoms with Gasteiger partial charge in [-0.25, -0.2) is 4.39 Å². The Morgan fingerprint density at radius 2 is 2.10 bits per heavy atom. The van der Waals surface area contributed by atoms with Gasteiger partial charge in [0, 0.05) is 12.1 Å². The van der Waals surface area contributed by atoms with Crippen molar-refractivity contribution in [3.63, 3.8) is 0 Å². The number of hydrogen-bond acceptors (Lipinski definition) is 2. The average molecular weight is 277 g/mol. The van der Waals surface area contributed by atoms with Crippen LogP contribution in [-0.2, 0) is 4.79 Å². The van der Waals surface area contributed by atoms with Gasteiger partial charge >= 0.3 is 5.97 Å². The fourth-order valence-electron chi connectivity index (χ4n) is 3.52. The molecule has 0 aromatic heterocycles. The number of carboxylic acids is 1. The Labute approximate surface area is 116 Å². The normalized spacial score (nSPS) is 27.9. The Morgan fingerprint density at radius 1 is 1.35 bits per heavy atom. The van der Waals surface area contributed by atoms with E-state index in [0.717, 1.165) is 6.42 Å². The minimum Gasteiger partial charge on any atom is -0.481 e. The molecular weight excluding hydrogens is 261 g/mol. The van der Waals surface area contributed by atoms with Crippen molar-refractivity contribution < 1.29 is 19.1 Å². The number of hydrogen-bond donors (Lipinski definition) is 1. The maximum atomic E-state index is 14.1. The van der Waals surface area contributed by atoms with Crippen molar-refractivity contribution in [2.75, 3.05) is 0 Å². The lowest BCUT2D eigenvalue weighted by Gasteiger charge is -2.23. The third-order valence-corrected chi connectivity index (χ3v) is 4.51. The van der Waals surface area contributed by atoms with E-state index in [2.05, 4.69) is 0 Å². The van der Waals surface area contributed by atoms with E-state index < -0.39 is 17.7 Å². The Balaban J connectivity index is 1.92. The van der Waals surface area contributed by atoms with Gasteiger partial charge in [-0.1, -0.05) is 12.1 Å². The van der Waals surface area contributed by atoms with Gasteiger partial charge in [0.2, 0.25) is 0 Å². The SMILES string of the molecule is Cc1cccc(C(=O)N2C3CCC2C(C(=O)O)C3)c1F. The van der Waals surface area contributed by atoms with Crippen LogP contribution in [0.3, 0.4) is 0 Å². The largest absolute Gasteiger partial charge is 0.481 e. The molecule has 2 aliphatic rings. The number of nitrogens with zero attached hydrogens (tertiary/aromatic N) is 1. The number of aliphatic carboxylic acids is 1. The van der Waals surface area contributed by atoms with Crippen LogP contribution in [0.1, 0.15) is 35.2 Å². The zero-order chi connectivity index (χ0) is 14.4. The summed E-state index contributed by atoms with van der Waals surface area (Å²) < 4.78 is 14.1. The molecule has 1 aromatic rings. The second-order valence-electron chi connectivity index (χ2n) is 5.63. The van der Waals surface area contributed by atoms with Crippen LogP contribution in [0, 0.1) is 18.7 Å².